The number of fused-ring (bicyclic) bond motifs is 3. The molecule has 1 spiro atoms. The minimum absolute atomic E-state index is 0.303. The highest BCUT2D eigenvalue weighted by molar-refractivity contribution is 6.26. The summed E-state index contributed by atoms with van der Waals surface area (Å²) in [7, 11) is 0. The van der Waals surface area contributed by atoms with Crippen molar-refractivity contribution in [3.63, 3.8) is 0 Å². The molecule has 3 heterocycles. The van der Waals surface area contributed by atoms with E-state index >= 15 is 0 Å². The predicted octanol–water partition coefficient (Wildman–Crippen LogP) is 3.40. The molecular weight excluding hydrogens is 418 g/mol. The highest BCUT2D eigenvalue weighted by atomic mass is 16.2. The molecule has 0 saturated carbocycles. The lowest BCUT2D eigenvalue weighted by molar-refractivity contribution is -0.124. The molecule has 1 saturated heterocycles. The third kappa shape index (κ3) is 2.40. The largest absolute Gasteiger partial charge is 0.291 e. The first-order valence-corrected chi connectivity index (χ1v) is 10.9. The van der Waals surface area contributed by atoms with Crippen molar-refractivity contribution in [2.45, 2.75) is 31.8 Å². The number of hydrogen-bond donors (Lipinski definition) is 0. The zero-order valence-electron chi connectivity index (χ0n) is 18.2. The van der Waals surface area contributed by atoms with E-state index in [0.717, 1.165) is 16.3 Å². The number of imide groups is 1. The van der Waals surface area contributed by atoms with Crippen molar-refractivity contribution in [2.75, 3.05) is 4.90 Å². The number of aromatic nitrogens is 2. The number of carbonyl (C=O) groups is 3. The zero-order chi connectivity index (χ0) is 23.0. The van der Waals surface area contributed by atoms with Gasteiger partial charge in [-0.05, 0) is 30.7 Å². The summed E-state index contributed by atoms with van der Waals surface area (Å²) < 4.78 is 1.77. The number of hydrogen-bond acceptors (Lipinski definition) is 6. The third-order valence-electron chi connectivity index (χ3n) is 7.18. The van der Waals surface area contributed by atoms with Crippen molar-refractivity contribution in [3.05, 3.63) is 78.1 Å². The molecule has 3 aliphatic rings. The van der Waals surface area contributed by atoms with Crippen LogP contribution in [-0.2, 0) is 16.0 Å². The quantitative estimate of drug-likeness (QED) is 0.572. The van der Waals surface area contributed by atoms with Gasteiger partial charge in [0.1, 0.15) is 5.92 Å². The van der Waals surface area contributed by atoms with Crippen molar-refractivity contribution >= 4 is 23.3 Å². The molecule has 0 radical (unpaired) electrons. The number of azo groups is 1. The maximum atomic E-state index is 14.0. The van der Waals surface area contributed by atoms with Gasteiger partial charge in [0.15, 0.2) is 17.4 Å². The van der Waals surface area contributed by atoms with Gasteiger partial charge in [-0.1, -0.05) is 50.2 Å². The fraction of sp³-hybridized carbons (Fsp3) is 0.280. The first-order valence-electron chi connectivity index (χ1n) is 10.9. The molecule has 8 heteroatoms. The van der Waals surface area contributed by atoms with Crippen LogP contribution >= 0.6 is 0 Å². The number of anilines is 1. The van der Waals surface area contributed by atoms with E-state index in [1.165, 1.54) is 0 Å². The van der Waals surface area contributed by atoms with E-state index in [-0.39, 0.29) is 5.78 Å². The van der Waals surface area contributed by atoms with Gasteiger partial charge < -0.3 is 0 Å². The van der Waals surface area contributed by atoms with E-state index in [1.54, 1.807) is 35.1 Å². The van der Waals surface area contributed by atoms with Crippen LogP contribution < -0.4 is 4.90 Å². The Balaban J connectivity index is 1.47. The van der Waals surface area contributed by atoms with E-state index in [2.05, 4.69) is 15.3 Å². The van der Waals surface area contributed by atoms with Crippen LogP contribution in [0.25, 0.3) is 5.69 Å². The van der Waals surface area contributed by atoms with Crippen LogP contribution in [-0.4, -0.2) is 39.0 Å². The average Bonchev–Trinajstić information content (AvgIpc) is 3.48. The summed E-state index contributed by atoms with van der Waals surface area (Å²) >= 11 is 0. The van der Waals surface area contributed by atoms with Gasteiger partial charge in [0.2, 0.25) is 5.91 Å². The molecule has 2 aromatic carbocycles. The molecule has 3 atom stereocenters. The Labute approximate surface area is 189 Å². The lowest BCUT2D eigenvalue weighted by Crippen LogP contribution is -2.60. The van der Waals surface area contributed by atoms with Gasteiger partial charge in [0.25, 0.3) is 5.91 Å². The molecule has 2 amide bonds. The highest BCUT2D eigenvalue weighted by Gasteiger charge is 2.71. The first-order chi connectivity index (χ1) is 15.9. The van der Waals surface area contributed by atoms with E-state index in [1.807, 2.05) is 50.2 Å². The molecular formula is C25H21N5O3. The van der Waals surface area contributed by atoms with Gasteiger partial charge in [0.05, 0.1) is 28.8 Å². The zero-order valence-corrected chi connectivity index (χ0v) is 18.2. The summed E-state index contributed by atoms with van der Waals surface area (Å²) in [5.41, 5.74) is 0.312. The number of amides is 2. The molecule has 8 nitrogen and oxygen atoms in total. The van der Waals surface area contributed by atoms with Gasteiger partial charge in [-0.15, -0.1) is 0 Å². The Hall–Kier alpha value is -3.94. The summed E-state index contributed by atoms with van der Waals surface area (Å²) in [5.74, 6) is -2.14. The van der Waals surface area contributed by atoms with Gasteiger partial charge in [-0.3, -0.25) is 14.4 Å². The summed E-state index contributed by atoms with van der Waals surface area (Å²) in [6.07, 6.45) is 2.00. The van der Waals surface area contributed by atoms with Crippen LogP contribution in [0.1, 0.15) is 29.9 Å². The number of Topliss-reactive ketones (excluding diaryl/α,β-unsaturated/α-hetero) is 1. The lowest BCUT2D eigenvalue weighted by atomic mass is 9.57. The van der Waals surface area contributed by atoms with E-state index < -0.39 is 34.7 Å². The molecule has 6 rings (SSSR count). The number of carbonyl (C=O) groups excluding carboxylic acids is 3. The third-order valence-corrected chi connectivity index (χ3v) is 7.18. The molecule has 3 aromatic rings. The van der Waals surface area contributed by atoms with E-state index in [4.69, 9.17) is 0 Å². The summed E-state index contributed by atoms with van der Waals surface area (Å²) in [6.45, 7) is 3.83. The standard InChI is InChI=1S/C25H21N5O3/c1-24(2)13-18-17(14-26-30(18)16-11-7-4-8-12-16)21(31)25(24)19-20(27-28-25)23(33)29(22(19)32)15-9-5-3-6-10-15/h3-12,14,19-20H,13H2,1-2H3. The fourth-order valence-electron chi connectivity index (χ4n) is 5.56. The first kappa shape index (κ1) is 19.7. The van der Waals surface area contributed by atoms with Crippen LogP contribution in [0.5, 0.6) is 0 Å². The minimum atomic E-state index is -1.45. The van der Waals surface area contributed by atoms with E-state index in [9.17, 15) is 14.4 Å². The Bertz CT molecular complexity index is 1340. The highest BCUT2D eigenvalue weighted by Crippen LogP contribution is 2.56. The second kappa shape index (κ2) is 6.54. The topological polar surface area (TPSA) is 97.0 Å². The normalized spacial score (nSPS) is 27.3. The summed E-state index contributed by atoms with van der Waals surface area (Å²) in [4.78, 5) is 42.1. The SMILES string of the molecule is CC1(C)Cc2c(cnn2-c2ccccc2)C(=O)C12N=NC1C(=O)N(c3ccccc3)C(=O)C12. The summed E-state index contributed by atoms with van der Waals surface area (Å²) in [6, 6.07) is 17.4. The summed E-state index contributed by atoms with van der Waals surface area (Å²) in [5, 5.41) is 13.1. The average molecular weight is 439 g/mol. The molecule has 3 unspecified atom stereocenters. The fourth-order valence-corrected chi connectivity index (χ4v) is 5.56. The van der Waals surface area contributed by atoms with Crippen molar-refractivity contribution in [2.24, 2.45) is 21.6 Å². The van der Waals surface area contributed by atoms with Crippen LogP contribution in [0, 0.1) is 11.3 Å². The van der Waals surface area contributed by atoms with Crippen molar-refractivity contribution in [1.29, 1.82) is 0 Å². The monoisotopic (exact) mass is 439 g/mol. The Morgan fingerprint density at radius 3 is 2.18 bits per heavy atom. The Morgan fingerprint density at radius 2 is 1.52 bits per heavy atom. The number of ketones is 1. The van der Waals surface area contributed by atoms with E-state index in [0.29, 0.717) is 17.7 Å². The smallest absolute Gasteiger partial charge is 0.261 e. The van der Waals surface area contributed by atoms with Crippen LogP contribution in [0.15, 0.2) is 77.1 Å². The lowest BCUT2D eigenvalue weighted by Gasteiger charge is -2.45. The van der Waals surface area contributed by atoms with Crippen LogP contribution in [0.4, 0.5) is 5.69 Å². The molecule has 0 N–H and O–H groups in total. The van der Waals surface area contributed by atoms with Gasteiger partial charge in [-0.2, -0.15) is 15.3 Å². The second-order valence-corrected chi connectivity index (χ2v) is 9.39. The maximum Gasteiger partial charge on any atom is 0.261 e. The van der Waals surface area contributed by atoms with Gasteiger partial charge in [-0.25, -0.2) is 9.58 Å². The molecule has 0 bridgehead atoms. The van der Waals surface area contributed by atoms with Crippen molar-refractivity contribution in [3.8, 4) is 5.69 Å². The maximum absolute atomic E-state index is 14.0. The van der Waals surface area contributed by atoms with Gasteiger partial charge >= 0.3 is 0 Å². The number of rotatable bonds is 2. The molecule has 1 aromatic heterocycles. The second-order valence-electron chi connectivity index (χ2n) is 9.39. The molecule has 33 heavy (non-hydrogen) atoms. The molecule has 164 valence electrons. The Kier molecular flexibility index (Phi) is 3.91. The molecule has 2 aliphatic heterocycles. The molecule has 1 fully saturated rings. The molecule has 1 aliphatic carbocycles. The Morgan fingerprint density at radius 1 is 0.879 bits per heavy atom. The number of benzene rings is 2. The van der Waals surface area contributed by atoms with Crippen molar-refractivity contribution in [1.82, 2.24) is 9.78 Å². The number of para-hydroxylation sites is 2. The minimum Gasteiger partial charge on any atom is -0.291 e. The van der Waals surface area contributed by atoms with Crippen LogP contribution in [0.2, 0.25) is 0 Å². The van der Waals surface area contributed by atoms with Crippen molar-refractivity contribution < 1.29 is 14.4 Å². The van der Waals surface area contributed by atoms with Gasteiger partial charge in [0, 0.05) is 5.41 Å². The van der Waals surface area contributed by atoms with Crippen LogP contribution in [0.3, 0.4) is 0 Å². The number of nitrogens with zero attached hydrogens (tertiary/aromatic N) is 5. The predicted molar refractivity (Wildman–Crippen MR) is 119 cm³/mol.